The summed E-state index contributed by atoms with van der Waals surface area (Å²) in [6.45, 7) is 0.284. The van der Waals surface area contributed by atoms with Crippen molar-refractivity contribution < 1.29 is 8.42 Å². The molecular formula is C5H8N2O2S2. The van der Waals surface area contributed by atoms with Crippen LogP contribution in [-0.2, 0) is 16.4 Å². The number of thiazole rings is 1. The molecule has 0 unspecified atom stereocenters. The van der Waals surface area contributed by atoms with E-state index >= 15 is 0 Å². The maximum absolute atomic E-state index is 10.9. The summed E-state index contributed by atoms with van der Waals surface area (Å²) >= 11 is 1.10. The SMILES string of the molecule is CS(=O)(=O)c1nc(CN)cs1. The first-order valence-electron chi connectivity index (χ1n) is 2.88. The van der Waals surface area contributed by atoms with Crippen molar-refractivity contribution in [2.75, 3.05) is 6.26 Å². The molecule has 1 heterocycles. The van der Waals surface area contributed by atoms with Crippen LogP contribution in [-0.4, -0.2) is 19.7 Å². The van der Waals surface area contributed by atoms with Crippen LogP contribution in [0.4, 0.5) is 0 Å². The van der Waals surface area contributed by atoms with E-state index in [-0.39, 0.29) is 10.9 Å². The number of nitrogens with two attached hydrogens (primary N) is 1. The van der Waals surface area contributed by atoms with E-state index in [0.717, 1.165) is 17.6 Å². The second kappa shape index (κ2) is 2.88. The second-order valence-electron chi connectivity index (χ2n) is 2.08. The molecule has 1 rings (SSSR count). The fourth-order valence-electron chi connectivity index (χ4n) is 0.552. The Morgan fingerprint density at radius 2 is 2.36 bits per heavy atom. The lowest BCUT2D eigenvalue weighted by Crippen LogP contribution is -1.99. The molecule has 0 fully saturated rings. The summed E-state index contributed by atoms with van der Waals surface area (Å²) in [6.07, 6.45) is 1.13. The number of hydrogen-bond acceptors (Lipinski definition) is 5. The molecule has 0 aromatic carbocycles. The fourth-order valence-corrected chi connectivity index (χ4v) is 2.23. The van der Waals surface area contributed by atoms with Crippen molar-refractivity contribution >= 4 is 21.2 Å². The molecular weight excluding hydrogens is 184 g/mol. The summed E-state index contributed by atoms with van der Waals surface area (Å²) in [5.74, 6) is 0. The molecule has 0 bridgehead atoms. The highest BCUT2D eigenvalue weighted by molar-refractivity contribution is 7.92. The quantitative estimate of drug-likeness (QED) is 0.716. The van der Waals surface area contributed by atoms with Crippen molar-refractivity contribution in [3.05, 3.63) is 11.1 Å². The Hall–Kier alpha value is -0.460. The van der Waals surface area contributed by atoms with Crippen molar-refractivity contribution in [2.24, 2.45) is 5.73 Å². The first-order valence-corrected chi connectivity index (χ1v) is 5.65. The molecule has 0 aliphatic heterocycles. The predicted molar refractivity (Wildman–Crippen MR) is 43.1 cm³/mol. The molecule has 0 radical (unpaired) electrons. The Morgan fingerprint density at radius 3 is 2.64 bits per heavy atom. The Kier molecular flexibility index (Phi) is 2.26. The van der Waals surface area contributed by atoms with E-state index in [9.17, 15) is 8.42 Å². The number of rotatable bonds is 2. The molecule has 1 aromatic rings. The lowest BCUT2D eigenvalue weighted by Gasteiger charge is -1.87. The zero-order valence-electron chi connectivity index (χ0n) is 5.94. The fraction of sp³-hybridized carbons (Fsp3) is 0.400. The van der Waals surface area contributed by atoms with Gasteiger partial charge in [-0.1, -0.05) is 0 Å². The van der Waals surface area contributed by atoms with Gasteiger partial charge in [-0.2, -0.15) is 0 Å². The minimum atomic E-state index is -3.14. The standard InChI is InChI=1S/C5H8N2O2S2/c1-11(8,9)5-7-4(2-6)3-10-5/h3H,2,6H2,1H3. The zero-order chi connectivity index (χ0) is 8.48. The number of nitrogens with zero attached hydrogens (tertiary/aromatic N) is 1. The van der Waals surface area contributed by atoms with Crippen LogP contribution in [0.3, 0.4) is 0 Å². The van der Waals surface area contributed by atoms with Crippen LogP contribution in [0.1, 0.15) is 5.69 Å². The monoisotopic (exact) mass is 192 g/mol. The molecule has 0 atom stereocenters. The lowest BCUT2D eigenvalue weighted by atomic mass is 10.5. The second-order valence-corrected chi connectivity index (χ2v) is 5.13. The molecule has 4 nitrogen and oxygen atoms in total. The van der Waals surface area contributed by atoms with Gasteiger partial charge in [0, 0.05) is 18.2 Å². The van der Waals surface area contributed by atoms with Crippen LogP contribution in [0.5, 0.6) is 0 Å². The Labute approximate surface area is 69.0 Å². The van der Waals surface area contributed by atoms with Gasteiger partial charge in [-0.05, 0) is 0 Å². The number of hydrogen-bond donors (Lipinski definition) is 1. The number of aromatic nitrogens is 1. The van der Waals surface area contributed by atoms with Gasteiger partial charge < -0.3 is 5.73 Å². The summed E-state index contributed by atoms with van der Waals surface area (Å²) < 4.78 is 21.9. The van der Waals surface area contributed by atoms with Crippen LogP contribution < -0.4 is 5.73 Å². The molecule has 1 aromatic heterocycles. The van der Waals surface area contributed by atoms with Crippen molar-refractivity contribution in [1.29, 1.82) is 0 Å². The average Bonchev–Trinajstić information content (AvgIpc) is 2.32. The molecule has 11 heavy (non-hydrogen) atoms. The highest BCUT2D eigenvalue weighted by atomic mass is 32.2. The third kappa shape index (κ3) is 1.98. The summed E-state index contributed by atoms with van der Waals surface area (Å²) in [7, 11) is -3.14. The van der Waals surface area contributed by atoms with E-state index in [4.69, 9.17) is 5.73 Å². The van der Waals surface area contributed by atoms with E-state index in [1.54, 1.807) is 5.38 Å². The van der Waals surface area contributed by atoms with E-state index in [1.807, 2.05) is 0 Å². The van der Waals surface area contributed by atoms with Crippen molar-refractivity contribution in [1.82, 2.24) is 4.98 Å². The van der Waals surface area contributed by atoms with Crippen molar-refractivity contribution in [3.63, 3.8) is 0 Å². The van der Waals surface area contributed by atoms with Gasteiger partial charge in [-0.25, -0.2) is 13.4 Å². The Morgan fingerprint density at radius 1 is 1.73 bits per heavy atom. The first kappa shape index (κ1) is 8.63. The van der Waals surface area contributed by atoms with Gasteiger partial charge in [0.25, 0.3) is 0 Å². The third-order valence-corrected chi connectivity index (χ3v) is 3.66. The van der Waals surface area contributed by atoms with E-state index in [0.29, 0.717) is 5.69 Å². The van der Waals surface area contributed by atoms with Gasteiger partial charge in [0.15, 0.2) is 0 Å². The van der Waals surface area contributed by atoms with Crippen LogP contribution in [0, 0.1) is 0 Å². The molecule has 0 saturated carbocycles. The minimum absolute atomic E-state index is 0.137. The van der Waals surface area contributed by atoms with Gasteiger partial charge in [-0.15, -0.1) is 11.3 Å². The maximum atomic E-state index is 10.9. The molecule has 0 aliphatic rings. The van der Waals surface area contributed by atoms with Crippen LogP contribution in [0.25, 0.3) is 0 Å². The average molecular weight is 192 g/mol. The zero-order valence-corrected chi connectivity index (χ0v) is 7.58. The molecule has 0 amide bonds. The van der Waals surface area contributed by atoms with Gasteiger partial charge in [0.05, 0.1) is 5.69 Å². The summed E-state index contributed by atoms with van der Waals surface area (Å²) in [5.41, 5.74) is 5.88. The molecule has 62 valence electrons. The Bertz CT molecular complexity index is 341. The van der Waals surface area contributed by atoms with Crippen LogP contribution in [0.15, 0.2) is 9.72 Å². The predicted octanol–water partition coefficient (Wildman–Crippen LogP) is 0.00530. The smallest absolute Gasteiger partial charge is 0.209 e. The highest BCUT2D eigenvalue weighted by Crippen LogP contribution is 2.14. The van der Waals surface area contributed by atoms with E-state index < -0.39 is 9.84 Å². The summed E-state index contributed by atoms with van der Waals surface area (Å²) in [6, 6.07) is 0. The van der Waals surface area contributed by atoms with E-state index in [1.165, 1.54) is 0 Å². The molecule has 0 aliphatic carbocycles. The Balaban J connectivity index is 3.09. The summed E-state index contributed by atoms with van der Waals surface area (Å²) in [5, 5.41) is 1.65. The molecule has 0 saturated heterocycles. The molecule has 6 heteroatoms. The maximum Gasteiger partial charge on any atom is 0.209 e. The lowest BCUT2D eigenvalue weighted by molar-refractivity contribution is 0.600. The minimum Gasteiger partial charge on any atom is -0.325 e. The summed E-state index contributed by atoms with van der Waals surface area (Å²) in [4.78, 5) is 3.81. The largest absolute Gasteiger partial charge is 0.325 e. The topological polar surface area (TPSA) is 73.0 Å². The van der Waals surface area contributed by atoms with Crippen molar-refractivity contribution in [2.45, 2.75) is 10.9 Å². The van der Waals surface area contributed by atoms with Crippen LogP contribution >= 0.6 is 11.3 Å². The van der Waals surface area contributed by atoms with Crippen LogP contribution in [0.2, 0.25) is 0 Å². The van der Waals surface area contributed by atoms with Gasteiger partial charge >= 0.3 is 0 Å². The van der Waals surface area contributed by atoms with Gasteiger partial charge in [0.2, 0.25) is 14.2 Å². The number of sulfone groups is 1. The molecule has 2 N–H and O–H groups in total. The van der Waals surface area contributed by atoms with Crippen molar-refractivity contribution in [3.8, 4) is 0 Å². The molecule has 0 spiro atoms. The third-order valence-electron chi connectivity index (χ3n) is 1.06. The highest BCUT2D eigenvalue weighted by Gasteiger charge is 2.11. The normalized spacial score (nSPS) is 11.8. The van der Waals surface area contributed by atoms with Gasteiger partial charge in [0.1, 0.15) is 0 Å². The first-order chi connectivity index (χ1) is 5.04. The van der Waals surface area contributed by atoms with E-state index in [2.05, 4.69) is 4.98 Å². The van der Waals surface area contributed by atoms with Gasteiger partial charge in [-0.3, -0.25) is 0 Å².